The fourth-order valence-electron chi connectivity index (χ4n) is 0.470. The summed E-state index contributed by atoms with van der Waals surface area (Å²) >= 11 is 16.8. The molecule has 1 aromatic carbocycles. The molecular weight excluding hydrogens is 314 g/mol. The van der Waals surface area contributed by atoms with Crippen molar-refractivity contribution in [2.24, 2.45) is 0 Å². The van der Waals surface area contributed by atoms with Crippen LogP contribution in [0.25, 0.3) is 0 Å². The minimum Gasteiger partial charge on any atom is -1.00 e. The van der Waals surface area contributed by atoms with Gasteiger partial charge in [-0.25, -0.2) is 0 Å². The molecule has 0 amide bonds. The normalized spacial score (nSPS) is 9.67. The van der Waals surface area contributed by atoms with Gasteiger partial charge in [0.2, 0.25) is 0 Å². The van der Waals surface area contributed by atoms with Crippen LogP contribution in [0, 0.1) is 0 Å². The standard InChI is InChI=1S/C6H3Cl3.K.H2O4S.H/c7-4-1-2-5(8)6(9)3-4;;1-5(2,3)4;/h1-3H;;(H2,1,2,3,4);/q;+1;;-1. The summed E-state index contributed by atoms with van der Waals surface area (Å²) in [6, 6.07) is 4.95. The van der Waals surface area contributed by atoms with Crippen LogP contribution in [0.3, 0.4) is 0 Å². The molecule has 0 aliphatic heterocycles. The molecule has 1 rings (SSSR count). The molecule has 0 radical (unpaired) electrons. The molecule has 0 aliphatic carbocycles. The van der Waals surface area contributed by atoms with Gasteiger partial charge in [0, 0.05) is 5.02 Å². The molecule has 0 saturated carbocycles. The van der Waals surface area contributed by atoms with E-state index in [1.807, 2.05) is 0 Å². The van der Waals surface area contributed by atoms with E-state index >= 15 is 0 Å². The average Bonchev–Trinajstić information content (AvgIpc) is 1.94. The molecule has 0 atom stereocenters. The summed E-state index contributed by atoms with van der Waals surface area (Å²) in [7, 11) is -4.67. The van der Waals surface area contributed by atoms with Gasteiger partial charge in [-0.1, -0.05) is 34.8 Å². The molecule has 0 fully saturated rings. The van der Waals surface area contributed by atoms with E-state index in [1.54, 1.807) is 18.2 Å². The van der Waals surface area contributed by atoms with Crippen LogP contribution in [0.4, 0.5) is 0 Å². The Hall–Kier alpha value is 1.60. The van der Waals surface area contributed by atoms with Gasteiger partial charge in [0.25, 0.3) is 0 Å². The largest absolute Gasteiger partial charge is 1.00 e. The van der Waals surface area contributed by atoms with Crippen LogP contribution in [0.2, 0.25) is 15.1 Å². The van der Waals surface area contributed by atoms with Crippen molar-refractivity contribution in [3.63, 3.8) is 0 Å². The Balaban J connectivity index is -0.000000214. The molecular formula is C6H6Cl3KO4S. The van der Waals surface area contributed by atoms with E-state index in [0.717, 1.165) is 0 Å². The van der Waals surface area contributed by atoms with Gasteiger partial charge in [0.05, 0.1) is 10.0 Å². The molecule has 0 unspecified atom stereocenters. The summed E-state index contributed by atoms with van der Waals surface area (Å²) in [5, 5.41) is 1.62. The van der Waals surface area contributed by atoms with Crippen LogP contribution in [-0.2, 0) is 10.4 Å². The fourth-order valence-corrected chi connectivity index (χ4v) is 0.997. The third-order valence-electron chi connectivity index (χ3n) is 0.882. The molecule has 0 bridgehead atoms. The Morgan fingerprint density at radius 2 is 1.47 bits per heavy atom. The van der Waals surface area contributed by atoms with Gasteiger partial charge in [-0.3, -0.25) is 9.11 Å². The zero-order valence-corrected chi connectivity index (χ0v) is 13.7. The summed E-state index contributed by atoms with van der Waals surface area (Å²) in [4.78, 5) is 0. The zero-order chi connectivity index (χ0) is 11.4. The molecule has 0 spiro atoms. The molecule has 0 aliphatic rings. The minimum atomic E-state index is -4.67. The molecule has 0 aromatic heterocycles. The minimum absolute atomic E-state index is 0. The molecule has 82 valence electrons. The summed E-state index contributed by atoms with van der Waals surface area (Å²) < 4.78 is 31.6. The smallest absolute Gasteiger partial charge is 1.00 e. The van der Waals surface area contributed by atoms with Crippen molar-refractivity contribution >= 4 is 45.2 Å². The average molecular weight is 320 g/mol. The van der Waals surface area contributed by atoms with E-state index in [0.29, 0.717) is 15.1 Å². The Bertz CT molecular complexity index is 406. The van der Waals surface area contributed by atoms with E-state index < -0.39 is 10.4 Å². The zero-order valence-electron chi connectivity index (χ0n) is 8.49. The van der Waals surface area contributed by atoms with Crippen molar-refractivity contribution in [3.05, 3.63) is 33.3 Å². The summed E-state index contributed by atoms with van der Waals surface area (Å²) in [6.07, 6.45) is 0. The van der Waals surface area contributed by atoms with Crippen LogP contribution in [0.5, 0.6) is 0 Å². The third kappa shape index (κ3) is 13.5. The number of rotatable bonds is 0. The molecule has 0 heterocycles. The van der Waals surface area contributed by atoms with Gasteiger partial charge in [0.15, 0.2) is 0 Å². The van der Waals surface area contributed by atoms with Crippen LogP contribution in [0.1, 0.15) is 1.43 Å². The molecule has 9 heteroatoms. The summed E-state index contributed by atoms with van der Waals surface area (Å²) in [6.45, 7) is 0. The maximum atomic E-state index is 8.74. The van der Waals surface area contributed by atoms with Crippen molar-refractivity contribution in [1.29, 1.82) is 0 Å². The SMILES string of the molecule is Clc1ccc(Cl)c(Cl)c1.O=S(=O)(O)O.[H-].[K+]. The van der Waals surface area contributed by atoms with Crippen molar-refractivity contribution in [2.45, 2.75) is 0 Å². The molecule has 2 N–H and O–H groups in total. The quantitative estimate of drug-likeness (QED) is 0.404. The van der Waals surface area contributed by atoms with Crippen molar-refractivity contribution in [1.82, 2.24) is 0 Å². The maximum Gasteiger partial charge on any atom is 1.00 e. The van der Waals surface area contributed by atoms with Gasteiger partial charge < -0.3 is 1.43 Å². The first-order chi connectivity index (χ1) is 6.20. The summed E-state index contributed by atoms with van der Waals surface area (Å²) in [5.74, 6) is 0. The first kappa shape index (κ1) is 18.9. The number of hydrogen-bond donors (Lipinski definition) is 2. The summed E-state index contributed by atoms with van der Waals surface area (Å²) in [5.41, 5.74) is 0. The van der Waals surface area contributed by atoms with Crippen LogP contribution in [0.15, 0.2) is 18.2 Å². The number of benzene rings is 1. The van der Waals surface area contributed by atoms with Gasteiger partial charge >= 0.3 is 61.8 Å². The van der Waals surface area contributed by atoms with Crippen LogP contribution in [-0.4, -0.2) is 17.5 Å². The van der Waals surface area contributed by atoms with Gasteiger partial charge in [-0.05, 0) is 18.2 Å². The maximum absolute atomic E-state index is 8.74. The Labute approximate surface area is 146 Å². The van der Waals surface area contributed by atoms with Gasteiger partial charge in [0.1, 0.15) is 0 Å². The monoisotopic (exact) mass is 318 g/mol. The molecule has 1 aromatic rings. The number of halogens is 3. The van der Waals surface area contributed by atoms with Crippen molar-refractivity contribution in [2.75, 3.05) is 0 Å². The second-order valence-electron chi connectivity index (χ2n) is 2.01. The first-order valence-corrected chi connectivity index (χ1v) is 5.53. The van der Waals surface area contributed by atoms with E-state index in [1.165, 1.54) is 0 Å². The van der Waals surface area contributed by atoms with Crippen molar-refractivity contribution < 1.29 is 70.3 Å². The Kier molecular flexibility index (Phi) is 10.9. The second-order valence-corrected chi connectivity index (χ2v) is 4.15. The predicted molar refractivity (Wildman–Crippen MR) is 56.8 cm³/mol. The second kappa shape index (κ2) is 8.65. The third-order valence-corrected chi connectivity index (χ3v) is 1.86. The van der Waals surface area contributed by atoms with Crippen LogP contribution >= 0.6 is 34.8 Å². The first-order valence-electron chi connectivity index (χ1n) is 3.00. The molecule has 0 saturated heterocycles. The predicted octanol–water partition coefficient (Wildman–Crippen LogP) is 0.111. The molecule has 4 nitrogen and oxygen atoms in total. The topological polar surface area (TPSA) is 74.6 Å². The van der Waals surface area contributed by atoms with E-state index in [-0.39, 0.29) is 52.8 Å². The Morgan fingerprint density at radius 1 is 1.07 bits per heavy atom. The van der Waals surface area contributed by atoms with E-state index in [9.17, 15) is 0 Å². The van der Waals surface area contributed by atoms with Gasteiger partial charge in [-0.2, -0.15) is 8.42 Å². The van der Waals surface area contributed by atoms with E-state index in [2.05, 4.69) is 0 Å². The number of hydrogen-bond acceptors (Lipinski definition) is 2. The van der Waals surface area contributed by atoms with Crippen molar-refractivity contribution in [3.8, 4) is 0 Å². The Morgan fingerprint density at radius 3 is 1.73 bits per heavy atom. The van der Waals surface area contributed by atoms with Gasteiger partial charge in [-0.15, -0.1) is 0 Å². The molecule has 15 heavy (non-hydrogen) atoms. The fraction of sp³-hybridized carbons (Fsp3) is 0. The van der Waals surface area contributed by atoms with E-state index in [4.69, 9.17) is 52.3 Å². The van der Waals surface area contributed by atoms with Crippen LogP contribution < -0.4 is 51.4 Å².